The molecular weight excluding hydrogens is 186 g/mol. The van der Waals surface area contributed by atoms with Crippen LogP contribution in [0.3, 0.4) is 0 Å². The van der Waals surface area contributed by atoms with E-state index in [2.05, 4.69) is 13.8 Å². The highest BCUT2D eigenvalue weighted by atomic mass is 32.2. The summed E-state index contributed by atoms with van der Waals surface area (Å²) in [6, 6.07) is 0.213. The Morgan fingerprint density at radius 1 is 1.38 bits per heavy atom. The van der Waals surface area contributed by atoms with Gasteiger partial charge in [0.25, 0.3) is 0 Å². The molecular formula is C9H19NO2S. The number of hydrogen-bond donors (Lipinski definition) is 0. The lowest BCUT2D eigenvalue weighted by molar-refractivity contribution is 0.323. The molecule has 1 fully saturated rings. The average Bonchev–Trinajstić information content (AvgIpc) is 2.26. The first kappa shape index (κ1) is 11.0. The van der Waals surface area contributed by atoms with Crippen molar-refractivity contribution in [1.29, 1.82) is 0 Å². The van der Waals surface area contributed by atoms with Crippen molar-refractivity contribution < 1.29 is 8.42 Å². The molecule has 0 N–H and O–H groups in total. The third-order valence-electron chi connectivity index (χ3n) is 2.98. The first-order valence-corrected chi connectivity index (χ1v) is 6.50. The van der Waals surface area contributed by atoms with Gasteiger partial charge in [-0.1, -0.05) is 13.8 Å². The van der Waals surface area contributed by atoms with Crippen molar-refractivity contribution in [2.45, 2.75) is 39.2 Å². The Morgan fingerprint density at radius 3 is 2.23 bits per heavy atom. The van der Waals surface area contributed by atoms with Crippen molar-refractivity contribution >= 4 is 10.0 Å². The molecule has 1 aliphatic carbocycles. The van der Waals surface area contributed by atoms with Crippen LogP contribution < -0.4 is 0 Å². The SMILES string of the molecule is CN(C1CCC(C)(C)C1)S(C)(=O)=O. The molecule has 3 nitrogen and oxygen atoms in total. The fraction of sp³-hybridized carbons (Fsp3) is 1.00. The van der Waals surface area contributed by atoms with E-state index < -0.39 is 10.0 Å². The van der Waals surface area contributed by atoms with E-state index >= 15 is 0 Å². The molecule has 0 bridgehead atoms. The molecule has 1 atom stereocenters. The van der Waals surface area contributed by atoms with Crippen LogP contribution in [0.1, 0.15) is 33.1 Å². The Morgan fingerprint density at radius 2 is 1.92 bits per heavy atom. The van der Waals surface area contributed by atoms with Gasteiger partial charge in [0.2, 0.25) is 10.0 Å². The topological polar surface area (TPSA) is 37.4 Å². The molecule has 1 aliphatic rings. The summed E-state index contributed by atoms with van der Waals surface area (Å²) in [6.45, 7) is 4.40. The van der Waals surface area contributed by atoms with Crippen LogP contribution >= 0.6 is 0 Å². The second-order valence-electron chi connectivity index (χ2n) is 4.84. The monoisotopic (exact) mass is 205 g/mol. The van der Waals surface area contributed by atoms with Crippen molar-refractivity contribution in [2.24, 2.45) is 5.41 Å². The maximum absolute atomic E-state index is 11.3. The number of hydrogen-bond acceptors (Lipinski definition) is 2. The van der Waals surface area contributed by atoms with Crippen LogP contribution in [-0.2, 0) is 10.0 Å². The molecule has 1 rings (SSSR count). The van der Waals surface area contributed by atoms with Crippen molar-refractivity contribution in [1.82, 2.24) is 4.31 Å². The molecule has 1 unspecified atom stereocenters. The molecule has 1 saturated carbocycles. The summed E-state index contributed by atoms with van der Waals surface area (Å²) in [6.07, 6.45) is 4.38. The molecule has 0 aromatic heterocycles. The van der Waals surface area contributed by atoms with Gasteiger partial charge in [-0.15, -0.1) is 0 Å². The second kappa shape index (κ2) is 3.24. The predicted octanol–water partition coefficient (Wildman–Crippen LogP) is 1.46. The molecule has 0 aliphatic heterocycles. The van der Waals surface area contributed by atoms with E-state index in [-0.39, 0.29) is 6.04 Å². The first-order chi connectivity index (χ1) is 5.72. The van der Waals surface area contributed by atoms with Gasteiger partial charge in [-0.05, 0) is 24.7 Å². The Kier molecular flexibility index (Phi) is 2.74. The zero-order chi connectivity index (χ0) is 10.3. The Hall–Kier alpha value is -0.0900. The van der Waals surface area contributed by atoms with Crippen LogP contribution in [0.5, 0.6) is 0 Å². The fourth-order valence-corrected chi connectivity index (χ4v) is 2.70. The quantitative estimate of drug-likeness (QED) is 0.684. The van der Waals surface area contributed by atoms with Gasteiger partial charge in [0.15, 0.2) is 0 Å². The second-order valence-corrected chi connectivity index (χ2v) is 6.88. The highest BCUT2D eigenvalue weighted by Crippen LogP contribution is 2.39. The van der Waals surface area contributed by atoms with E-state index in [1.165, 1.54) is 10.6 Å². The third kappa shape index (κ3) is 2.68. The summed E-state index contributed by atoms with van der Waals surface area (Å²) in [5.41, 5.74) is 0.309. The van der Waals surface area contributed by atoms with E-state index in [9.17, 15) is 8.42 Å². The lowest BCUT2D eigenvalue weighted by Gasteiger charge is -2.23. The highest BCUT2D eigenvalue weighted by Gasteiger charge is 2.35. The zero-order valence-electron chi connectivity index (χ0n) is 8.87. The van der Waals surface area contributed by atoms with E-state index in [0.717, 1.165) is 19.3 Å². The Balaban J connectivity index is 2.67. The van der Waals surface area contributed by atoms with Gasteiger partial charge in [0, 0.05) is 13.1 Å². The Labute approximate surface area is 81.2 Å². The minimum absolute atomic E-state index is 0.213. The third-order valence-corrected chi connectivity index (χ3v) is 4.32. The van der Waals surface area contributed by atoms with Gasteiger partial charge in [0.1, 0.15) is 0 Å². The largest absolute Gasteiger partial charge is 0.213 e. The van der Waals surface area contributed by atoms with Crippen molar-refractivity contribution in [2.75, 3.05) is 13.3 Å². The van der Waals surface area contributed by atoms with Gasteiger partial charge >= 0.3 is 0 Å². The molecule has 0 radical (unpaired) electrons. The smallest absolute Gasteiger partial charge is 0.211 e. The molecule has 0 heterocycles. The van der Waals surface area contributed by atoms with E-state index in [4.69, 9.17) is 0 Å². The van der Waals surface area contributed by atoms with Crippen LogP contribution in [-0.4, -0.2) is 32.1 Å². The van der Waals surface area contributed by atoms with E-state index in [1.807, 2.05) is 0 Å². The molecule has 0 amide bonds. The van der Waals surface area contributed by atoms with Crippen molar-refractivity contribution in [3.05, 3.63) is 0 Å². The average molecular weight is 205 g/mol. The predicted molar refractivity (Wildman–Crippen MR) is 54.0 cm³/mol. The van der Waals surface area contributed by atoms with Crippen LogP contribution in [0.15, 0.2) is 0 Å². The van der Waals surface area contributed by atoms with Gasteiger partial charge in [-0.3, -0.25) is 0 Å². The summed E-state index contributed by atoms with van der Waals surface area (Å²) >= 11 is 0. The van der Waals surface area contributed by atoms with E-state index in [1.54, 1.807) is 7.05 Å². The van der Waals surface area contributed by atoms with Crippen LogP contribution in [0, 0.1) is 5.41 Å². The number of sulfonamides is 1. The van der Waals surface area contributed by atoms with Crippen molar-refractivity contribution in [3.8, 4) is 0 Å². The first-order valence-electron chi connectivity index (χ1n) is 4.65. The normalized spacial score (nSPS) is 28.2. The van der Waals surface area contributed by atoms with Gasteiger partial charge in [-0.25, -0.2) is 12.7 Å². The summed E-state index contributed by atoms with van der Waals surface area (Å²) < 4.78 is 24.0. The lowest BCUT2D eigenvalue weighted by atomic mass is 9.92. The summed E-state index contributed by atoms with van der Waals surface area (Å²) in [7, 11) is -1.32. The minimum atomic E-state index is -3.00. The van der Waals surface area contributed by atoms with Gasteiger partial charge in [-0.2, -0.15) is 0 Å². The summed E-state index contributed by atoms with van der Waals surface area (Å²) in [5, 5.41) is 0. The molecule has 4 heteroatoms. The van der Waals surface area contributed by atoms with Crippen molar-refractivity contribution in [3.63, 3.8) is 0 Å². The molecule has 0 aromatic rings. The number of rotatable bonds is 2. The van der Waals surface area contributed by atoms with Crippen LogP contribution in [0.2, 0.25) is 0 Å². The van der Waals surface area contributed by atoms with Gasteiger partial charge in [0.05, 0.1) is 6.26 Å². The van der Waals surface area contributed by atoms with Crippen LogP contribution in [0.25, 0.3) is 0 Å². The minimum Gasteiger partial charge on any atom is -0.213 e. The zero-order valence-corrected chi connectivity index (χ0v) is 9.69. The lowest BCUT2D eigenvalue weighted by Crippen LogP contribution is -2.35. The summed E-state index contributed by atoms with van der Waals surface area (Å²) in [4.78, 5) is 0. The molecule has 78 valence electrons. The molecule has 13 heavy (non-hydrogen) atoms. The summed E-state index contributed by atoms with van der Waals surface area (Å²) in [5.74, 6) is 0. The molecule has 0 aromatic carbocycles. The molecule has 0 spiro atoms. The van der Waals surface area contributed by atoms with Gasteiger partial charge < -0.3 is 0 Å². The number of nitrogens with zero attached hydrogens (tertiary/aromatic N) is 1. The maximum Gasteiger partial charge on any atom is 0.211 e. The van der Waals surface area contributed by atoms with Crippen LogP contribution in [0.4, 0.5) is 0 Å². The maximum atomic E-state index is 11.3. The fourth-order valence-electron chi connectivity index (χ4n) is 1.98. The molecule has 0 saturated heterocycles. The Bertz CT molecular complexity index is 282. The highest BCUT2D eigenvalue weighted by molar-refractivity contribution is 7.88. The standard InChI is InChI=1S/C9H19NO2S/c1-9(2)6-5-8(7-9)10(3)13(4,11)12/h8H,5-7H2,1-4H3. The van der Waals surface area contributed by atoms with E-state index in [0.29, 0.717) is 5.41 Å².